The summed E-state index contributed by atoms with van der Waals surface area (Å²) >= 11 is 0. The first-order valence-electron chi connectivity index (χ1n) is 11.6. The van der Waals surface area contributed by atoms with Crippen LogP contribution < -0.4 is 0 Å². The Kier molecular flexibility index (Phi) is 1.54. The van der Waals surface area contributed by atoms with E-state index < -0.39 is 0 Å². The fourth-order valence-electron chi connectivity index (χ4n) is 14.9. The van der Waals surface area contributed by atoms with Crippen LogP contribution in [0.15, 0.2) is 12.7 Å². The Hall–Kier alpha value is -0.790. The number of hydrogen-bond donors (Lipinski definition) is 0. The van der Waals surface area contributed by atoms with E-state index in [1.54, 1.807) is 6.08 Å². The van der Waals surface area contributed by atoms with Crippen molar-refractivity contribution < 1.29 is 9.53 Å². The van der Waals surface area contributed by atoms with E-state index in [2.05, 4.69) is 6.58 Å². The maximum Gasteiger partial charge on any atom is 0.313 e. The monoisotopic (exact) mass is 346 g/mol. The third kappa shape index (κ3) is 0.754. The Morgan fingerprint density at radius 1 is 0.769 bits per heavy atom. The highest BCUT2D eigenvalue weighted by atomic mass is 16.5. The Labute approximate surface area is 154 Å². The molecule has 0 aromatic heterocycles. The van der Waals surface area contributed by atoms with Gasteiger partial charge in [-0.25, -0.2) is 0 Å². The number of carbonyl (C=O) groups excluding carboxylic acids is 1. The van der Waals surface area contributed by atoms with Crippen molar-refractivity contribution in [2.45, 2.75) is 12.8 Å². The molecule has 134 valence electrons. The average molecular weight is 346 g/mol. The van der Waals surface area contributed by atoms with Crippen molar-refractivity contribution in [2.24, 2.45) is 106 Å². The highest BCUT2D eigenvalue weighted by Gasteiger charge is 2.97. The van der Waals surface area contributed by atoms with Crippen molar-refractivity contribution >= 4 is 5.97 Å². The van der Waals surface area contributed by atoms with E-state index in [0.29, 0.717) is 6.61 Å². The van der Waals surface area contributed by atoms with Gasteiger partial charge in [-0.15, -0.1) is 0 Å². The van der Waals surface area contributed by atoms with Crippen molar-refractivity contribution in [2.75, 3.05) is 6.61 Å². The predicted octanol–water partition coefficient (Wildman–Crippen LogP) is 3.09. The van der Waals surface area contributed by atoms with Gasteiger partial charge in [0.1, 0.15) is 6.61 Å². The summed E-state index contributed by atoms with van der Waals surface area (Å²) in [5.41, 5.74) is -0.0197. The Morgan fingerprint density at radius 3 is 1.92 bits per heavy atom. The third-order valence-corrected chi connectivity index (χ3v) is 13.4. The van der Waals surface area contributed by atoms with Gasteiger partial charge in [0, 0.05) is 0 Å². The number of hydrogen-bond acceptors (Lipinski definition) is 2. The second kappa shape index (κ2) is 3.16. The molecule has 10 fully saturated rings. The molecule has 4 unspecified atom stereocenters. The predicted molar refractivity (Wildman–Crippen MR) is 92.2 cm³/mol. The van der Waals surface area contributed by atoms with E-state index in [1.165, 1.54) is 12.8 Å². The summed E-state index contributed by atoms with van der Waals surface area (Å²) in [6.07, 6.45) is 4.83. The van der Waals surface area contributed by atoms with Crippen molar-refractivity contribution in [1.29, 1.82) is 0 Å². The summed E-state index contributed by atoms with van der Waals surface area (Å²) in [6, 6.07) is 0. The van der Waals surface area contributed by atoms with E-state index in [0.717, 1.165) is 101 Å². The molecular formula is C24H26O2. The first kappa shape index (κ1) is 12.6. The van der Waals surface area contributed by atoms with Gasteiger partial charge in [0.15, 0.2) is 0 Å². The van der Waals surface area contributed by atoms with Crippen molar-refractivity contribution in [1.82, 2.24) is 0 Å². The smallest absolute Gasteiger partial charge is 0.313 e. The summed E-state index contributed by atoms with van der Waals surface area (Å²) in [5, 5.41) is 0. The molecule has 0 spiro atoms. The number of ether oxygens (including phenoxy) is 1. The van der Waals surface area contributed by atoms with Gasteiger partial charge in [-0.3, -0.25) is 4.79 Å². The highest BCUT2D eigenvalue weighted by Crippen LogP contribution is 2.99. The van der Waals surface area contributed by atoms with Gasteiger partial charge >= 0.3 is 5.97 Å². The Bertz CT molecular complexity index is 803. The molecule has 10 rings (SSSR count). The molecule has 0 aliphatic heterocycles. The van der Waals surface area contributed by atoms with Gasteiger partial charge < -0.3 is 4.74 Å². The zero-order valence-electron chi connectivity index (χ0n) is 15.0. The van der Waals surface area contributed by atoms with Crippen LogP contribution in [0.2, 0.25) is 0 Å². The fourth-order valence-corrected chi connectivity index (χ4v) is 14.9. The van der Waals surface area contributed by atoms with Gasteiger partial charge in [0.05, 0.1) is 5.41 Å². The number of carbonyl (C=O) groups is 1. The molecule has 2 heteroatoms. The maximum atomic E-state index is 13.8. The normalized spacial score (nSPS) is 81.8. The van der Waals surface area contributed by atoms with Gasteiger partial charge in [0.2, 0.25) is 0 Å². The first-order chi connectivity index (χ1) is 12.8. The molecule has 0 bridgehead atoms. The van der Waals surface area contributed by atoms with Crippen LogP contribution in [0.25, 0.3) is 0 Å². The van der Waals surface area contributed by atoms with Crippen LogP contribution in [0.3, 0.4) is 0 Å². The molecular weight excluding hydrogens is 320 g/mol. The summed E-state index contributed by atoms with van der Waals surface area (Å²) in [6.45, 7) is 4.25. The van der Waals surface area contributed by atoms with Crippen LogP contribution in [0.4, 0.5) is 0 Å². The lowest BCUT2D eigenvalue weighted by Crippen LogP contribution is -2.45. The van der Waals surface area contributed by atoms with Crippen LogP contribution >= 0.6 is 0 Å². The van der Waals surface area contributed by atoms with Crippen LogP contribution in [-0.4, -0.2) is 12.6 Å². The minimum atomic E-state index is -0.0197. The lowest BCUT2D eigenvalue weighted by molar-refractivity contribution is -0.163. The molecule has 0 aromatic carbocycles. The van der Waals surface area contributed by atoms with E-state index in [1.807, 2.05) is 0 Å². The number of fused-ring (bicyclic) bond motifs is 4. The van der Waals surface area contributed by atoms with Crippen molar-refractivity contribution in [3.63, 3.8) is 0 Å². The molecule has 10 aliphatic rings. The molecule has 0 amide bonds. The third-order valence-electron chi connectivity index (χ3n) is 13.4. The highest BCUT2D eigenvalue weighted by molar-refractivity contribution is 5.82. The Balaban J connectivity index is 1.33. The molecule has 2 nitrogen and oxygen atoms in total. The van der Waals surface area contributed by atoms with Crippen molar-refractivity contribution in [3.05, 3.63) is 12.7 Å². The maximum absolute atomic E-state index is 13.8. The first-order valence-corrected chi connectivity index (χ1v) is 11.6. The fraction of sp³-hybridized carbons (Fsp3) is 0.875. The molecule has 10 aliphatic carbocycles. The van der Waals surface area contributed by atoms with E-state index >= 15 is 0 Å². The molecule has 10 saturated carbocycles. The molecule has 0 N–H and O–H groups in total. The van der Waals surface area contributed by atoms with E-state index in [-0.39, 0.29) is 11.4 Å². The minimum absolute atomic E-state index is 0.0197. The molecule has 0 radical (unpaired) electrons. The number of rotatable bonds is 3. The van der Waals surface area contributed by atoms with Gasteiger partial charge in [0.25, 0.3) is 0 Å². The molecule has 0 heterocycles. The lowest BCUT2D eigenvalue weighted by Gasteiger charge is -2.40. The van der Waals surface area contributed by atoms with Gasteiger partial charge in [-0.1, -0.05) is 12.7 Å². The average Bonchev–Trinajstić information content (AvgIpc) is 3.33. The minimum Gasteiger partial charge on any atom is -0.461 e. The number of esters is 1. The van der Waals surface area contributed by atoms with Crippen LogP contribution in [0.5, 0.6) is 0 Å². The summed E-state index contributed by atoms with van der Waals surface area (Å²) in [7, 11) is 0. The molecule has 0 aromatic rings. The second-order valence-corrected chi connectivity index (χ2v) is 12.3. The van der Waals surface area contributed by atoms with Gasteiger partial charge in [-0.2, -0.15) is 0 Å². The zero-order chi connectivity index (χ0) is 16.4. The molecule has 0 saturated heterocycles. The summed E-state index contributed by atoms with van der Waals surface area (Å²) in [4.78, 5) is 13.8. The van der Waals surface area contributed by atoms with E-state index in [4.69, 9.17) is 4.74 Å². The SMILES string of the molecule is C=CCOC(=O)C12C3[C@@H]4C[C@@H]5C6C7[C@@H]8[C@@H]5[C@@H]4[C@@H]1[C@@H]8[C@@H]1[C@@H]7[C@H]4[C@H]([C@@H]12)[C@H]3C[C@@H]64. The van der Waals surface area contributed by atoms with Crippen LogP contribution in [0, 0.1) is 106 Å². The van der Waals surface area contributed by atoms with Crippen LogP contribution in [-0.2, 0) is 9.53 Å². The largest absolute Gasteiger partial charge is 0.461 e. The topological polar surface area (TPSA) is 26.3 Å². The Morgan fingerprint density at radius 2 is 1.35 bits per heavy atom. The summed E-state index contributed by atoms with van der Waals surface area (Å²) < 4.78 is 5.96. The van der Waals surface area contributed by atoms with Gasteiger partial charge in [-0.05, 0) is 113 Å². The summed E-state index contributed by atoms with van der Waals surface area (Å²) in [5.74, 6) is 16.8. The van der Waals surface area contributed by atoms with E-state index in [9.17, 15) is 4.79 Å². The lowest BCUT2D eigenvalue weighted by atomic mass is 9.63. The quantitative estimate of drug-likeness (QED) is 0.580. The van der Waals surface area contributed by atoms with Crippen molar-refractivity contribution in [3.8, 4) is 0 Å². The van der Waals surface area contributed by atoms with Crippen LogP contribution in [0.1, 0.15) is 12.8 Å². The zero-order valence-corrected chi connectivity index (χ0v) is 15.0. The molecule has 26 heavy (non-hydrogen) atoms. The molecule has 18 atom stereocenters. The standard InChI is InChI=1S/C24H26O2/c1-2-3-26-23(25)24-20-8-4-6-10-7-5-9(20)14-12(7)17-15(10)16-11(6)13(8)21(24)18(16)19(17)22(14)24/h2,6-22H,1,3-5H2/t6-,7+,8-,9-,10?,11+,12-,13-,14-,15?,16+,17-,18+,19+,20?,21-,22+,24?/m1/s1. The second-order valence-electron chi connectivity index (χ2n) is 12.3.